The Morgan fingerprint density at radius 1 is 1.55 bits per heavy atom. The van der Waals surface area contributed by atoms with Crippen LogP contribution >= 0.6 is 11.8 Å². The van der Waals surface area contributed by atoms with Gasteiger partial charge in [0.1, 0.15) is 0 Å². The van der Waals surface area contributed by atoms with Gasteiger partial charge in [-0.1, -0.05) is 11.8 Å². The minimum absolute atomic E-state index is 0.0405. The van der Waals surface area contributed by atoms with Gasteiger partial charge < -0.3 is 0 Å². The van der Waals surface area contributed by atoms with Crippen LogP contribution in [0.5, 0.6) is 0 Å². The van der Waals surface area contributed by atoms with Gasteiger partial charge in [-0.05, 0) is 0 Å². The lowest BCUT2D eigenvalue weighted by Gasteiger charge is -2.19. The van der Waals surface area contributed by atoms with Crippen molar-refractivity contribution in [3.05, 3.63) is 0 Å². The van der Waals surface area contributed by atoms with E-state index in [0.717, 1.165) is 0 Å². The summed E-state index contributed by atoms with van der Waals surface area (Å²) in [5.74, 6) is 0.110. The molecule has 0 atom stereocenters. The molecule has 1 saturated heterocycles. The Hall–Kier alpha value is -0.880. The topological polar surface area (TPSA) is 61.8 Å². The van der Waals surface area contributed by atoms with Crippen molar-refractivity contribution in [1.29, 1.82) is 0 Å². The fraction of sp³-hybridized carbons (Fsp3) is 0.400. The van der Waals surface area contributed by atoms with Crippen LogP contribution in [0.3, 0.4) is 0 Å². The third-order valence-electron chi connectivity index (χ3n) is 1.37. The van der Waals surface area contributed by atoms with E-state index in [1.807, 2.05) is 0 Å². The van der Waals surface area contributed by atoms with E-state index < -0.39 is 0 Å². The van der Waals surface area contributed by atoms with Crippen molar-refractivity contribution in [2.75, 3.05) is 12.3 Å². The number of nitrogens with zero attached hydrogens (tertiary/aromatic N) is 2. The Bertz CT molecular complexity index is 262. The van der Waals surface area contributed by atoms with Crippen LogP contribution in [0.25, 0.3) is 0 Å². The molecule has 58 valence electrons. The summed E-state index contributed by atoms with van der Waals surface area (Å²) in [6.45, 7) is 0.121. The molecule has 0 aromatic heterocycles. The summed E-state index contributed by atoms with van der Waals surface area (Å²) in [5.41, 5.74) is 2.66. The Morgan fingerprint density at radius 3 is 3.18 bits per heavy atom. The van der Waals surface area contributed by atoms with Crippen molar-refractivity contribution in [3.63, 3.8) is 0 Å². The number of carbonyl (C=O) groups is 2. The van der Waals surface area contributed by atoms with Crippen LogP contribution in [0, 0.1) is 0 Å². The highest BCUT2D eigenvalue weighted by atomic mass is 32.2. The van der Waals surface area contributed by atoms with E-state index in [9.17, 15) is 9.59 Å². The summed E-state index contributed by atoms with van der Waals surface area (Å²) in [4.78, 5) is 25.4. The zero-order chi connectivity index (χ0) is 7.84. The summed E-state index contributed by atoms with van der Waals surface area (Å²) in [7, 11) is 0. The smallest absolute Gasteiger partial charge is 0.263 e. The molecule has 2 heterocycles. The van der Waals surface area contributed by atoms with Crippen LogP contribution in [0.15, 0.2) is 4.99 Å². The number of carbonyl (C=O) groups excluding carboxylic acids is 2. The molecule has 0 radical (unpaired) electrons. The summed E-state index contributed by atoms with van der Waals surface area (Å²) < 4.78 is 0. The standard InChI is InChI=1S/C5H5N3O2S/c9-3-1-6-8-4(10)2-11-5(8)7-3/h6H,1-2H2. The second-order valence-corrected chi connectivity index (χ2v) is 3.08. The van der Waals surface area contributed by atoms with Gasteiger partial charge in [0.15, 0.2) is 5.17 Å². The number of thioether (sulfide) groups is 1. The SMILES string of the molecule is O=C1CNN2C(=O)CSC2=N1. The number of hydrogen-bond acceptors (Lipinski definition) is 4. The van der Waals surface area contributed by atoms with Crippen LogP contribution in [0.4, 0.5) is 0 Å². The monoisotopic (exact) mass is 171 g/mol. The minimum atomic E-state index is -0.224. The summed E-state index contributed by atoms with van der Waals surface area (Å²) in [5, 5.41) is 1.80. The predicted molar refractivity (Wildman–Crippen MR) is 39.7 cm³/mol. The number of amidine groups is 1. The van der Waals surface area contributed by atoms with Gasteiger partial charge in [0.05, 0.1) is 12.3 Å². The molecule has 0 spiro atoms. The van der Waals surface area contributed by atoms with Gasteiger partial charge >= 0.3 is 0 Å². The first kappa shape index (κ1) is 6.81. The maximum Gasteiger partial charge on any atom is 0.263 e. The number of hydrogen-bond donors (Lipinski definition) is 1. The van der Waals surface area contributed by atoms with Crippen LogP contribution < -0.4 is 5.43 Å². The molecule has 0 saturated carbocycles. The van der Waals surface area contributed by atoms with E-state index in [2.05, 4.69) is 10.4 Å². The average Bonchev–Trinajstić information content (AvgIpc) is 2.32. The van der Waals surface area contributed by atoms with Gasteiger partial charge in [-0.3, -0.25) is 9.59 Å². The first-order valence-corrected chi connectivity index (χ1v) is 4.07. The maximum atomic E-state index is 11.0. The van der Waals surface area contributed by atoms with Crippen molar-refractivity contribution in [2.24, 2.45) is 4.99 Å². The van der Waals surface area contributed by atoms with Crippen molar-refractivity contribution in [2.45, 2.75) is 0 Å². The minimum Gasteiger partial charge on any atom is -0.272 e. The van der Waals surface area contributed by atoms with Gasteiger partial charge in [-0.2, -0.15) is 4.99 Å². The lowest BCUT2D eigenvalue weighted by atomic mass is 10.6. The van der Waals surface area contributed by atoms with Crippen molar-refractivity contribution >= 4 is 28.7 Å². The second-order valence-electron chi connectivity index (χ2n) is 2.14. The molecule has 5 nitrogen and oxygen atoms in total. The molecule has 2 rings (SSSR count). The predicted octanol–water partition coefficient (Wildman–Crippen LogP) is -1.04. The van der Waals surface area contributed by atoms with Crippen LogP contribution in [-0.2, 0) is 9.59 Å². The Kier molecular flexibility index (Phi) is 1.43. The number of rotatable bonds is 0. The highest BCUT2D eigenvalue weighted by Gasteiger charge is 2.31. The van der Waals surface area contributed by atoms with E-state index in [1.165, 1.54) is 16.8 Å². The highest BCUT2D eigenvalue weighted by Crippen LogP contribution is 2.18. The van der Waals surface area contributed by atoms with Crippen molar-refractivity contribution in [1.82, 2.24) is 10.4 Å². The lowest BCUT2D eigenvalue weighted by molar-refractivity contribution is -0.127. The number of nitrogens with one attached hydrogen (secondary N) is 1. The third-order valence-corrected chi connectivity index (χ3v) is 2.30. The zero-order valence-electron chi connectivity index (χ0n) is 5.53. The Balaban J connectivity index is 2.31. The fourth-order valence-corrected chi connectivity index (χ4v) is 1.74. The molecule has 1 fully saturated rings. The molecular formula is C5H5N3O2S. The van der Waals surface area contributed by atoms with E-state index in [4.69, 9.17) is 0 Å². The van der Waals surface area contributed by atoms with Crippen LogP contribution in [0.1, 0.15) is 0 Å². The first-order valence-electron chi connectivity index (χ1n) is 3.08. The molecule has 0 unspecified atom stereocenters. The molecule has 0 aliphatic carbocycles. The normalized spacial score (nSPS) is 23.6. The Labute approximate surface area is 66.8 Å². The van der Waals surface area contributed by atoms with E-state index in [-0.39, 0.29) is 18.4 Å². The van der Waals surface area contributed by atoms with Crippen molar-refractivity contribution < 1.29 is 9.59 Å². The molecule has 0 aromatic carbocycles. The molecule has 2 amide bonds. The second kappa shape index (κ2) is 2.31. The van der Waals surface area contributed by atoms with Gasteiger partial charge in [0.2, 0.25) is 0 Å². The van der Waals surface area contributed by atoms with E-state index in [1.54, 1.807) is 0 Å². The van der Waals surface area contributed by atoms with Crippen LogP contribution in [-0.4, -0.2) is 34.3 Å². The molecule has 2 aliphatic heterocycles. The lowest BCUT2D eigenvalue weighted by Crippen LogP contribution is -2.47. The fourth-order valence-electron chi connectivity index (χ4n) is 0.893. The Morgan fingerprint density at radius 2 is 2.36 bits per heavy atom. The molecule has 11 heavy (non-hydrogen) atoms. The molecule has 1 N–H and O–H groups in total. The number of amides is 2. The molecule has 0 bridgehead atoms. The van der Waals surface area contributed by atoms with E-state index >= 15 is 0 Å². The summed E-state index contributed by atoms with van der Waals surface area (Å²) >= 11 is 1.28. The van der Waals surface area contributed by atoms with Gasteiger partial charge in [0.25, 0.3) is 11.8 Å². The number of hydrazine groups is 1. The average molecular weight is 171 g/mol. The van der Waals surface area contributed by atoms with Crippen molar-refractivity contribution in [3.8, 4) is 0 Å². The number of fused-ring (bicyclic) bond motifs is 1. The summed E-state index contributed by atoms with van der Waals surface area (Å²) in [6.07, 6.45) is 0. The first-order chi connectivity index (χ1) is 5.27. The van der Waals surface area contributed by atoms with Gasteiger partial charge in [0, 0.05) is 0 Å². The zero-order valence-corrected chi connectivity index (χ0v) is 6.35. The molecular weight excluding hydrogens is 166 g/mol. The third kappa shape index (κ3) is 1.04. The van der Waals surface area contributed by atoms with Crippen LogP contribution in [0.2, 0.25) is 0 Å². The summed E-state index contributed by atoms with van der Waals surface area (Å²) in [6, 6.07) is 0. The number of aliphatic imine (C=N–C) groups is 1. The quantitative estimate of drug-likeness (QED) is 0.506. The molecule has 2 aliphatic rings. The molecule has 6 heteroatoms. The molecule has 0 aromatic rings. The highest BCUT2D eigenvalue weighted by molar-refractivity contribution is 8.15. The van der Waals surface area contributed by atoms with Gasteiger partial charge in [-0.25, -0.2) is 10.4 Å². The maximum absolute atomic E-state index is 11.0. The van der Waals surface area contributed by atoms with E-state index in [0.29, 0.717) is 10.9 Å². The van der Waals surface area contributed by atoms with Gasteiger partial charge in [-0.15, -0.1) is 0 Å². The largest absolute Gasteiger partial charge is 0.272 e.